The van der Waals surface area contributed by atoms with Gasteiger partial charge in [0, 0.05) is 12.1 Å². The second-order valence-electron chi connectivity index (χ2n) is 4.37. The summed E-state index contributed by atoms with van der Waals surface area (Å²) in [5.41, 5.74) is 0.931. The average Bonchev–Trinajstić information content (AvgIpc) is 2.44. The lowest BCUT2D eigenvalue weighted by Crippen LogP contribution is -2.18. The Balaban J connectivity index is 2.55. The molecule has 0 heterocycles. The Bertz CT molecular complexity index is 424. The van der Waals surface area contributed by atoms with Crippen molar-refractivity contribution in [1.82, 2.24) is 5.32 Å². The summed E-state index contributed by atoms with van der Waals surface area (Å²) >= 11 is 6.11. The predicted molar refractivity (Wildman–Crippen MR) is 80.2 cm³/mol. The first-order valence-corrected chi connectivity index (χ1v) is 7.33. The fourth-order valence-electron chi connectivity index (χ4n) is 1.62. The molecule has 5 heteroatoms. The van der Waals surface area contributed by atoms with Crippen LogP contribution >= 0.6 is 11.6 Å². The van der Waals surface area contributed by atoms with E-state index < -0.39 is 0 Å². The molecule has 0 saturated carbocycles. The number of ether oxygens (including phenoxy) is 2. The fourth-order valence-corrected chi connectivity index (χ4v) is 1.87. The summed E-state index contributed by atoms with van der Waals surface area (Å²) in [6.07, 6.45) is 1.86. The minimum Gasteiger partial charge on any atom is -0.480 e. The van der Waals surface area contributed by atoms with Gasteiger partial charge in [-0.25, -0.2) is 4.79 Å². The second-order valence-corrected chi connectivity index (χ2v) is 4.78. The summed E-state index contributed by atoms with van der Waals surface area (Å²) in [5, 5.41) is 3.71. The molecule has 0 aromatic heterocycles. The minimum absolute atomic E-state index is 0.118. The first kappa shape index (κ1) is 16.8. The maximum absolute atomic E-state index is 11.5. The third-order valence-corrected chi connectivity index (χ3v) is 3.01. The molecule has 0 saturated heterocycles. The molecule has 0 radical (unpaired) electrons. The molecule has 0 fully saturated rings. The number of halogens is 1. The van der Waals surface area contributed by atoms with Gasteiger partial charge in [-0.2, -0.15) is 0 Å². The summed E-state index contributed by atoms with van der Waals surface area (Å²) in [6, 6.07) is 5.53. The van der Waals surface area contributed by atoms with Crippen molar-refractivity contribution >= 4 is 17.6 Å². The highest BCUT2D eigenvalue weighted by molar-refractivity contribution is 6.32. The standard InChI is InChI=1S/C15H22ClNO3/c1-3-5-9-19-14(18)11-20-15-12(10-17-4-2)7-6-8-13(15)16/h6-8,17H,3-5,9-11H2,1-2H3. The molecular formula is C15H22ClNO3. The summed E-state index contributed by atoms with van der Waals surface area (Å²) < 4.78 is 10.6. The Hall–Kier alpha value is -1.26. The summed E-state index contributed by atoms with van der Waals surface area (Å²) in [5.74, 6) is 0.176. The van der Waals surface area contributed by atoms with Crippen LogP contribution in [0.2, 0.25) is 5.02 Å². The van der Waals surface area contributed by atoms with Gasteiger partial charge in [0.15, 0.2) is 6.61 Å². The Labute approximate surface area is 125 Å². The first-order valence-electron chi connectivity index (χ1n) is 6.95. The Morgan fingerprint density at radius 3 is 2.85 bits per heavy atom. The van der Waals surface area contributed by atoms with Crippen molar-refractivity contribution in [3.05, 3.63) is 28.8 Å². The molecule has 0 unspecified atom stereocenters. The van der Waals surface area contributed by atoms with Gasteiger partial charge in [-0.15, -0.1) is 0 Å². The van der Waals surface area contributed by atoms with E-state index in [1.165, 1.54) is 0 Å². The van der Waals surface area contributed by atoms with E-state index >= 15 is 0 Å². The van der Waals surface area contributed by atoms with Gasteiger partial charge in [0.05, 0.1) is 11.6 Å². The average molecular weight is 300 g/mol. The predicted octanol–water partition coefficient (Wildman–Crippen LogP) is 3.17. The van der Waals surface area contributed by atoms with E-state index in [0.29, 0.717) is 23.9 Å². The lowest BCUT2D eigenvalue weighted by molar-refractivity contribution is -0.146. The van der Waals surface area contributed by atoms with Crippen molar-refractivity contribution in [3.8, 4) is 5.75 Å². The van der Waals surface area contributed by atoms with E-state index in [1.54, 1.807) is 6.07 Å². The van der Waals surface area contributed by atoms with E-state index in [-0.39, 0.29) is 12.6 Å². The molecular weight excluding hydrogens is 278 g/mol. The quantitative estimate of drug-likeness (QED) is 0.562. The number of rotatable bonds is 9. The summed E-state index contributed by atoms with van der Waals surface area (Å²) in [7, 11) is 0. The number of carbonyl (C=O) groups excluding carboxylic acids is 1. The Kier molecular flexibility index (Phi) is 8.07. The van der Waals surface area contributed by atoms with Crippen LogP contribution in [0.15, 0.2) is 18.2 Å². The maximum Gasteiger partial charge on any atom is 0.344 e. The molecule has 0 aliphatic rings. The number of para-hydroxylation sites is 1. The molecule has 112 valence electrons. The molecule has 0 amide bonds. The van der Waals surface area contributed by atoms with E-state index in [0.717, 1.165) is 24.9 Å². The normalized spacial score (nSPS) is 10.3. The van der Waals surface area contributed by atoms with Crippen LogP contribution in [0.25, 0.3) is 0 Å². The van der Waals surface area contributed by atoms with E-state index in [9.17, 15) is 4.79 Å². The van der Waals surface area contributed by atoms with Crippen molar-refractivity contribution in [3.63, 3.8) is 0 Å². The van der Waals surface area contributed by atoms with E-state index in [4.69, 9.17) is 21.1 Å². The number of hydrogen-bond acceptors (Lipinski definition) is 4. The maximum atomic E-state index is 11.5. The first-order chi connectivity index (χ1) is 9.69. The van der Waals surface area contributed by atoms with Gasteiger partial charge in [0.1, 0.15) is 5.75 Å². The molecule has 1 aromatic rings. The van der Waals surface area contributed by atoms with Crippen molar-refractivity contribution in [2.24, 2.45) is 0 Å². The lowest BCUT2D eigenvalue weighted by Gasteiger charge is -2.13. The van der Waals surface area contributed by atoms with Crippen LogP contribution in [0.1, 0.15) is 32.3 Å². The highest BCUT2D eigenvalue weighted by Crippen LogP contribution is 2.28. The van der Waals surface area contributed by atoms with Crippen LogP contribution in [-0.4, -0.2) is 25.7 Å². The van der Waals surface area contributed by atoms with Gasteiger partial charge in [-0.05, 0) is 19.0 Å². The van der Waals surface area contributed by atoms with Crippen molar-refractivity contribution in [2.45, 2.75) is 33.2 Å². The number of nitrogens with one attached hydrogen (secondary N) is 1. The zero-order chi connectivity index (χ0) is 14.8. The van der Waals surface area contributed by atoms with E-state index in [1.807, 2.05) is 26.0 Å². The molecule has 1 aromatic carbocycles. The Morgan fingerprint density at radius 1 is 1.35 bits per heavy atom. The largest absolute Gasteiger partial charge is 0.480 e. The van der Waals surface area contributed by atoms with Crippen LogP contribution < -0.4 is 10.1 Å². The summed E-state index contributed by atoms with van der Waals surface area (Å²) in [4.78, 5) is 11.5. The molecule has 20 heavy (non-hydrogen) atoms. The second kappa shape index (κ2) is 9.61. The van der Waals surface area contributed by atoms with Gasteiger partial charge >= 0.3 is 5.97 Å². The molecule has 0 aliphatic heterocycles. The van der Waals surface area contributed by atoms with Crippen LogP contribution in [0.4, 0.5) is 0 Å². The van der Waals surface area contributed by atoms with Gasteiger partial charge in [0.25, 0.3) is 0 Å². The molecule has 0 aliphatic carbocycles. The third kappa shape index (κ3) is 5.80. The van der Waals surface area contributed by atoms with Gasteiger partial charge in [0.2, 0.25) is 0 Å². The number of unbranched alkanes of at least 4 members (excludes halogenated alkanes) is 1. The Morgan fingerprint density at radius 2 is 2.15 bits per heavy atom. The van der Waals surface area contributed by atoms with Crippen LogP contribution in [0.3, 0.4) is 0 Å². The van der Waals surface area contributed by atoms with Crippen molar-refractivity contribution < 1.29 is 14.3 Å². The van der Waals surface area contributed by atoms with Gasteiger partial charge in [-0.3, -0.25) is 0 Å². The highest BCUT2D eigenvalue weighted by Gasteiger charge is 2.11. The monoisotopic (exact) mass is 299 g/mol. The van der Waals surface area contributed by atoms with Crippen LogP contribution in [0.5, 0.6) is 5.75 Å². The lowest BCUT2D eigenvalue weighted by atomic mass is 10.2. The van der Waals surface area contributed by atoms with Crippen LogP contribution in [0, 0.1) is 0 Å². The topological polar surface area (TPSA) is 47.6 Å². The molecule has 0 atom stereocenters. The number of benzene rings is 1. The summed E-state index contributed by atoms with van der Waals surface area (Å²) in [6.45, 7) is 5.89. The van der Waals surface area contributed by atoms with Gasteiger partial charge in [-0.1, -0.05) is 44.0 Å². The van der Waals surface area contributed by atoms with E-state index in [2.05, 4.69) is 5.32 Å². The van der Waals surface area contributed by atoms with Crippen LogP contribution in [-0.2, 0) is 16.1 Å². The molecule has 0 bridgehead atoms. The number of esters is 1. The number of hydrogen-bond donors (Lipinski definition) is 1. The molecule has 0 spiro atoms. The zero-order valence-corrected chi connectivity index (χ0v) is 12.8. The minimum atomic E-state index is -0.368. The van der Waals surface area contributed by atoms with Crippen molar-refractivity contribution in [2.75, 3.05) is 19.8 Å². The van der Waals surface area contributed by atoms with Crippen molar-refractivity contribution in [1.29, 1.82) is 0 Å². The highest BCUT2D eigenvalue weighted by atomic mass is 35.5. The molecule has 1 N–H and O–H groups in total. The zero-order valence-electron chi connectivity index (χ0n) is 12.1. The smallest absolute Gasteiger partial charge is 0.344 e. The molecule has 1 rings (SSSR count). The van der Waals surface area contributed by atoms with Gasteiger partial charge < -0.3 is 14.8 Å². The molecule has 4 nitrogen and oxygen atoms in total. The SMILES string of the molecule is CCCCOC(=O)COc1c(Cl)cccc1CNCC. The third-order valence-electron chi connectivity index (χ3n) is 2.71. The number of carbonyl (C=O) groups is 1. The fraction of sp³-hybridized carbons (Fsp3) is 0.533.